The molecule has 9 heteroatoms. The van der Waals surface area contributed by atoms with E-state index in [9.17, 15) is 9.59 Å². The minimum atomic E-state index is -0.681. The van der Waals surface area contributed by atoms with Crippen molar-refractivity contribution in [3.63, 3.8) is 0 Å². The van der Waals surface area contributed by atoms with E-state index >= 15 is 0 Å². The Balaban J connectivity index is 1.90. The second-order valence-electron chi connectivity index (χ2n) is 7.70. The van der Waals surface area contributed by atoms with Gasteiger partial charge >= 0.3 is 5.97 Å². The quantitative estimate of drug-likeness (QED) is 0.449. The average Bonchev–Trinajstić information content (AvgIpc) is 3.14. The first kappa shape index (κ1) is 24.8. The fourth-order valence-corrected chi connectivity index (χ4v) is 5.12. The number of aromatic nitrogens is 1. The molecule has 0 N–H and O–H groups in total. The van der Waals surface area contributed by atoms with Gasteiger partial charge in [-0.1, -0.05) is 41.1 Å². The van der Waals surface area contributed by atoms with E-state index in [2.05, 4.69) is 4.99 Å². The first-order valence-corrected chi connectivity index (χ1v) is 12.3. The highest BCUT2D eigenvalue weighted by atomic mass is 35.5. The van der Waals surface area contributed by atoms with Gasteiger partial charge in [-0.3, -0.25) is 9.36 Å². The molecule has 1 unspecified atom stereocenters. The smallest absolute Gasteiger partial charge is 0.338 e. The van der Waals surface area contributed by atoms with E-state index in [1.807, 2.05) is 25.1 Å². The van der Waals surface area contributed by atoms with Crippen LogP contribution in [0.4, 0.5) is 0 Å². The van der Waals surface area contributed by atoms with Crippen molar-refractivity contribution in [1.29, 1.82) is 0 Å². The number of nitrogens with zero attached hydrogens (tertiary/aromatic N) is 2. The third kappa shape index (κ3) is 4.90. The summed E-state index contributed by atoms with van der Waals surface area (Å²) in [5, 5.41) is 0.559. The molecular weight excluding hydrogens is 488 g/mol. The van der Waals surface area contributed by atoms with Crippen molar-refractivity contribution >= 4 is 35.0 Å². The lowest BCUT2D eigenvalue weighted by Crippen LogP contribution is -2.39. The number of carbonyl (C=O) groups is 1. The van der Waals surface area contributed by atoms with Gasteiger partial charge in [0.25, 0.3) is 5.56 Å². The molecule has 0 spiro atoms. The molecule has 3 aromatic rings. The molecule has 182 valence electrons. The topological polar surface area (TPSA) is 79.1 Å². The van der Waals surface area contributed by atoms with Crippen LogP contribution < -0.4 is 24.4 Å². The van der Waals surface area contributed by atoms with E-state index in [0.717, 1.165) is 11.1 Å². The Morgan fingerprint density at radius 1 is 1.14 bits per heavy atom. The highest BCUT2D eigenvalue weighted by molar-refractivity contribution is 7.07. The maximum absolute atomic E-state index is 13.7. The van der Waals surface area contributed by atoms with Gasteiger partial charge in [-0.2, -0.15) is 0 Å². The molecule has 7 nitrogen and oxygen atoms in total. The Labute approximate surface area is 211 Å². The maximum Gasteiger partial charge on any atom is 0.338 e. The van der Waals surface area contributed by atoms with Gasteiger partial charge in [-0.05, 0) is 62.2 Å². The van der Waals surface area contributed by atoms with Gasteiger partial charge < -0.3 is 14.2 Å². The number of fused-ring (bicyclic) bond motifs is 1. The van der Waals surface area contributed by atoms with Gasteiger partial charge in [0.2, 0.25) is 0 Å². The van der Waals surface area contributed by atoms with E-state index in [-0.39, 0.29) is 12.2 Å². The summed E-state index contributed by atoms with van der Waals surface area (Å²) in [6, 6.07) is 11.9. The largest absolute Gasteiger partial charge is 0.493 e. The van der Waals surface area contributed by atoms with Crippen LogP contribution in [0.1, 0.15) is 37.9 Å². The highest BCUT2D eigenvalue weighted by Gasteiger charge is 2.33. The molecule has 0 aliphatic carbocycles. The molecule has 2 heterocycles. The summed E-state index contributed by atoms with van der Waals surface area (Å²) in [7, 11) is 1.57. The number of thiazole rings is 1. The van der Waals surface area contributed by atoms with E-state index in [0.29, 0.717) is 43.7 Å². The normalized spacial score (nSPS) is 15.5. The van der Waals surface area contributed by atoms with Crippen LogP contribution in [0.5, 0.6) is 11.5 Å². The van der Waals surface area contributed by atoms with E-state index in [1.54, 1.807) is 55.9 Å². The Hall–Kier alpha value is -3.36. The van der Waals surface area contributed by atoms with Crippen molar-refractivity contribution in [2.24, 2.45) is 4.99 Å². The third-order valence-corrected chi connectivity index (χ3v) is 6.72. The molecule has 1 atom stereocenters. The Morgan fingerprint density at radius 3 is 2.54 bits per heavy atom. The molecule has 2 aromatic carbocycles. The average molecular weight is 513 g/mol. The summed E-state index contributed by atoms with van der Waals surface area (Å²) < 4.78 is 18.4. The number of halogens is 1. The van der Waals surface area contributed by atoms with Gasteiger partial charge in [-0.15, -0.1) is 0 Å². The second-order valence-corrected chi connectivity index (χ2v) is 9.14. The fourth-order valence-electron chi connectivity index (χ4n) is 3.95. The number of methoxy groups -OCH3 is 1. The van der Waals surface area contributed by atoms with Gasteiger partial charge in [0, 0.05) is 5.02 Å². The number of ether oxygens (including phenoxy) is 3. The molecule has 1 aliphatic rings. The number of allylic oxidation sites excluding steroid dienone is 1. The number of benzene rings is 2. The second kappa shape index (κ2) is 10.5. The van der Waals surface area contributed by atoms with Gasteiger partial charge in [0.1, 0.15) is 0 Å². The number of rotatable bonds is 7. The summed E-state index contributed by atoms with van der Waals surface area (Å²) in [4.78, 5) is 31.7. The zero-order valence-corrected chi connectivity index (χ0v) is 21.4. The fraction of sp³-hybridized carbons (Fsp3) is 0.269. The Bertz CT molecular complexity index is 1470. The summed E-state index contributed by atoms with van der Waals surface area (Å²) in [5.74, 6) is 0.707. The van der Waals surface area contributed by atoms with Crippen molar-refractivity contribution in [2.45, 2.75) is 26.8 Å². The number of hydrogen-bond acceptors (Lipinski definition) is 7. The number of esters is 1. The molecule has 0 saturated heterocycles. The minimum Gasteiger partial charge on any atom is -0.493 e. The lowest BCUT2D eigenvalue weighted by Gasteiger charge is -2.24. The molecule has 1 aromatic heterocycles. The van der Waals surface area contributed by atoms with Crippen LogP contribution in [-0.4, -0.2) is 30.9 Å². The highest BCUT2D eigenvalue weighted by Crippen LogP contribution is 2.31. The maximum atomic E-state index is 13.7. The molecule has 4 rings (SSSR count). The van der Waals surface area contributed by atoms with E-state index in [1.165, 1.54) is 11.3 Å². The zero-order valence-electron chi connectivity index (χ0n) is 19.8. The van der Waals surface area contributed by atoms with E-state index in [4.69, 9.17) is 25.8 Å². The van der Waals surface area contributed by atoms with Crippen LogP contribution in [-0.2, 0) is 9.53 Å². The summed E-state index contributed by atoms with van der Waals surface area (Å²) in [5.41, 5.74) is 2.10. The van der Waals surface area contributed by atoms with Gasteiger partial charge in [0.15, 0.2) is 16.3 Å². The summed E-state index contributed by atoms with van der Waals surface area (Å²) in [6.07, 6.45) is 1.78. The van der Waals surface area contributed by atoms with Crippen LogP contribution >= 0.6 is 22.9 Å². The van der Waals surface area contributed by atoms with Gasteiger partial charge in [0.05, 0.1) is 42.2 Å². The van der Waals surface area contributed by atoms with Crippen molar-refractivity contribution in [3.8, 4) is 11.5 Å². The zero-order chi connectivity index (χ0) is 25.1. The number of hydrogen-bond donors (Lipinski definition) is 0. The van der Waals surface area contributed by atoms with Crippen LogP contribution in [0.2, 0.25) is 5.02 Å². The van der Waals surface area contributed by atoms with E-state index < -0.39 is 12.0 Å². The standard InChI is InChI=1S/C26H25ClN2O5S/c1-5-33-19-12-7-16(13-20(19)32-4)14-21-24(30)29-23(17-8-10-18(27)11-9-17)22(25(31)34-6-2)15(3)28-26(29)35-21/h7-14,23H,5-6H2,1-4H3/b21-14-. The first-order valence-electron chi connectivity index (χ1n) is 11.1. The van der Waals surface area contributed by atoms with Crippen LogP contribution in [0, 0.1) is 0 Å². The molecule has 0 bridgehead atoms. The van der Waals surface area contributed by atoms with Crippen LogP contribution in [0.25, 0.3) is 6.08 Å². The number of carbonyl (C=O) groups excluding carboxylic acids is 1. The van der Waals surface area contributed by atoms with Crippen molar-refractivity contribution < 1.29 is 19.0 Å². The third-order valence-electron chi connectivity index (χ3n) is 5.49. The summed E-state index contributed by atoms with van der Waals surface area (Å²) >= 11 is 7.36. The molecule has 1 aliphatic heterocycles. The Kier molecular flexibility index (Phi) is 7.42. The molecule has 0 fully saturated rings. The predicted molar refractivity (Wildman–Crippen MR) is 136 cm³/mol. The van der Waals surface area contributed by atoms with Crippen LogP contribution in [0.15, 0.2) is 63.5 Å². The lowest BCUT2D eigenvalue weighted by atomic mass is 9.96. The SMILES string of the molecule is CCOC(=O)C1=C(C)N=c2s/c(=C\c3ccc(OCC)c(OC)c3)c(=O)n2C1c1ccc(Cl)cc1. The molecule has 0 amide bonds. The molecule has 35 heavy (non-hydrogen) atoms. The predicted octanol–water partition coefficient (Wildman–Crippen LogP) is 3.86. The molecule has 0 radical (unpaired) electrons. The van der Waals surface area contributed by atoms with Crippen LogP contribution in [0.3, 0.4) is 0 Å². The first-order chi connectivity index (χ1) is 16.9. The summed E-state index contributed by atoms with van der Waals surface area (Å²) in [6.45, 7) is 6.13. The molecular formula is C26H25ClN2O5S. The van der Waals surface area contributed by atoms with Crippen molar-refractivity contribution in [3.05, 3.63) is 89.6 Å². The minimum absolute atomic E-state index is 0.215. The Morgan fingerprint density at radius 2 is 1.89 bits per heavy atom. The van der Waals surface area contributed by atoms with Crippen molar-refractivity contribution in [2.75, 3.05) is 20.3 Å². The van der Waals surface area contributed by atoms with Gasteiger partial charge in [-0.25, -0.2) is 9.79 Å². The monoisotopic (exact) mass is 512 g/mol. The molecule has 0 saturated carbocycles. The lowest BCUT2D eigenvalue weighted by molar-refractivity contribution is -0.139. The van der Waals surface area contributed by atoms with Crippen molar-refractivity contribution in [1.82, 2.24) is 4.57 Å².